The van der Waals surface area contributed by atoms with Crippen molar-refractivity contribution in [3.05, 3.63) is 166 Å². The van der Waals surface area contributed by atoms with Crippen molar-refractivity contribution in [2.75, 3.05) is 0 Å². The van der Waals surface area contributed by atoms with E-state index < -0.39 is 24.5 Å². The molecule has 0 fully saturated rings. The molecule has 8 aromatic rings. The summed E-state index contributed by atoms with van der Waals surface area (Å²) in [5.74, 6) is -2.20. The Bertz CT molecular complexity index is 3200. The molecule has 0 atom stereocenters. The first-order valence-electron chi connectivity index (χ1n) is 24.4. The molecule has 0 saturated heterocycles. The molecular weight excluding hydrogens is 950 g/mol. The second-order valence-electron chi connectivity index (χ2n) is 18.4. The number of rotatable bonds is 9. The van der Waals surface area contributed by atoms with Gasteiger partial charge in [-0.2, -0.15) is 0 Å². The second kappa shape index (κ2) is 17.9. The number of para-hydroxylation sites is 1. The number of phenols is 1. The molecule has 63 heavy (non-hydrogen) atoms. The fourth-order valence-electron chi connectivity index (χ4n) is 8.19. The zero-order valence-corrected chi connectivity index (χ0v) is 40.4. The summed E-state index contributed by atoms with van der Waals surface area (Å²) in [5, 5.41) is 11.8. The summed E-state index contributed by atoms with van der Waals surface area (Å²) >= 11 is 0. The number of fused-ring (bicyclic) bond motifs is 1. The van der Waals surface area contributed by atoms with E-state index in [1.165, 1.54) is 0 Å². The van der Waals surface area contributed by atoms with Crippen LogP contribution in [0, 0.1) is 26.8 Å². The van der Waals surface area contributed by atoms with Gasteiger partial charge in [0, 0.05) is 41.2 Å². The van der Waals surface area contributed by atoms with Gasteiger partial charge in [-0.05, 0) is 130 Å². The van der Waals surface area contributed by atoms with Gasteiger partial charge in [-0.25, -0.2) is 4.98 Å². The van der Waals surface area contributed by atoms with E-state index in [4.69, 9.17) is 18.2 Å². The van der Waals surface area contributed by atoms with Gasteiger partial charge in [-0.3, -0.25) is 9.55 Å². The Morgan fingerprint density at radius 3 is 1.95 bits per heavy atom. The van der Waals surface area contributed by atoms with Crippen molar-refractivity contribution in [3.63, 3.8) is 0 Å². The molecule has 0 spiro atoms. The summed E-state index contributed by atoms with van der Waals surface area (Å²) in [5.41, 5.74) is 13.4. The third-order valence-corrected chi connectivity index (χ3v) is 11.9. The summed E-state index contributed by atoms with van der Waals surface area (Å²) in [6, 6.07) is 40.9. The van der Waals surface area contributed by atoms with E-state index in [-0.39, 0.29) is 37.8 Å². The van der Waals surface area contributed by atoms with Crippen LogP contribution in [0.25, 0.3) is 72.7 Å². The van der Waals surface area contributed by atoms with Crippen LogP contribution >= 0.6 is 0 Å². The summed E-state index contributed by atoms with van der Waals surface area (Å²) in [4.78, 5) is 10.2. The first-order chi connectivity index (χ1) is 31.6. The first-order valence-corrected chi connectivity index (χ1v) is 21.4. The Morgan fingerprint density at radius 2 is 1.30 bits per heavy atom. The molecule has 0 unspecified atom stereocenters. The Morgan fingerprint density at radius 1 is 0.651 bits per heavy atom. The van der Waals surface area contributed by atoms with Gasteiger partial charge in [0.2, 0.25) is 0 Å². The molecular formula is C58H60N3OPt-. The zero-order chi connectivity index (χ0) is 49.5. The van der Waals surface area contributed by atoms with Gasteiger partial charge >= 0.3 is 0 Å². The number of aryl methyl sites for hydroxylation is 3. The number of nitrogens with zero attached hydrogens (tertiary/aromatic N) is 3. The quantitative estimate of drug-likeness (QED) is 0.147. The molecule has 1 N–H and O–H groups in total. The molecule has 4 nitrogen and oxygen atoms in total. The predicted octanol–water partition coefficient (Wildman–Crippen LogP) is 15.9. The number of hydrogen-bond acceptors (Lipinski definition) is 3. The fraction of sp³-hybridized carbons (Fsp3) is 0.276. The molecule has 0 radical (unpaired) electrons. The smallest absolute Gasteiger partial charge is 0.148 e. The van der Waals surface area contributed by atoms with E-state index in [1.807, 2.05) is 157 Å². The molecule has 2 heterocycles. The number of phenolic OH excluding ortho intramolecular Hbond substituents is 1. The molecule has 0 saturated carbocycles. The molecule has 2 aromatic heterocycles. The van der Waals surface area contributed by atoms with Crippen molar-refractivity contribution in [1.29, 1.82) is 0 Å². The van der Waals surface area contributed by atoms with Gasteiger partial charge in [0.25, 0.3) is 0 Å². The van der Waals surface area contributed by atoms with Crippen LogP contribution in [0.3, 0.4) is 0 Å². The van der Waals surface area contributed by atoms with Crippen molar-refractivity contribution in [2.24, 2.45) is 0 Å². The molecule has 0 amide bonds. The maximum absolute atomic E-state index is 11.8. The SMILES string of the molecule is [2H]C([2H])([2H])c1cc(-c2cc(C([2H])(C)C)cc(C([2H])(C)C)c2)ccc1-n1c(-c2cc(C)cc(C)c2O)nc2c(-c3[c-]c(-c4cc(-c5ccc(C([2H])(C)C)cc5)ccn4)cc(C(C)(C)C)c3)cccc21.[Pt]. The average molecular weight is 1020 g/mol. The number of benzene rings is 6. The fourth-order valence-corrected chi connectivity index (χ4v) is 8.19. The zero-order valence-electron chi connectivity index (χ0n) is 44.2. The van der Waals surface area contributed by atoms with Gasteiger partial charge < -0.3 is 5.11 Å². The molecule has 0 aliphatic heterocycles. The number of imidazole rings is 1. The van der Waals surface area contributed by atoms with Gasteiger partial charge in [-0.15, -0.1) is 29.3 Å². The largest absolute Gasteiger partial charge is 0.507 e. The maximum atomic E-state index is 11.8. The standard InChI is InChI=1S/C58H60N3O.Pt/c1-34(2)40-16-18-41(19-17-40)43-22-23-59-52(33-43)48-30-47(31-49(32-48)58(10,11)12)50-14-13-15-54-55(50)60-57(51-25-37(7)24-39(9)56(51)62)61(54)53-21-20-42(26-38(53)8)46-28-44(35(3)4)27-45(29-46)36(5)6;/h13-29,31-36,62H,1-12H3;/q-1;/i8D3,34D,35D,36D;. The number of hydrogen-bond donors (Lipinski definition) is 1. The number of aromatic hydroxyl groups is 1. The third-order valence-electron chi connectivity index (χ3n) is 11.9. The van der Waals surface area contributed by atoms with Gasteiger partial charge in [0.1, 0.15) is 11.6 Å². The Hall–Kier alpha value is -5.57. The normalized spacial score (nSPS) is 14.0. The van der Waals surface area contributed by atoms with E-state index in [9.17, 15) is 5.11 Å². The molecule has 6 aromatic carbocycles. The maximum Gasteiger partial charge on any atom is 0.148 e. The van der Waals surface area contributed by atoms with Gasteiger partial charge in [-0.1, -0.05) is 146 Å². The second-order valence-corrected chi connectivity index (χ2v) is 18.4. The van der Waals surface area contributed by atoms with E-state index >= 15 is 0 Å². The average Bonchev–Trinajstić information content (AvgIpc) is 3.65. The first kappa shape index (κ1) is 37.9. The van der Waals surface area contributed by atoms with Crippen LogP contribution in [0.15, 0.2) is 121 Å². The summed E-state index contributed by atoms with van der Waals surface area (Å²) in [6.07, 6.45) is 1.81. The van der Waals surface area contributed by atoms with E-state index in [0.717, 1.165) is 66.9 Å². The number of pyridine rings is 1. The molecule has 0 aliphatic carbocycles. The van der Waals surface area contributed by atoms with Crippen LogP contribution in [-0.2, 0) is 26.5 Å². The van der Waals surface area contributed by atoms with Crippen LogP contribution in [0.1, 0.15) is 127 Å². The van der Waals surface area contributed by atoms with Crippen LogP contribution in [0.2, 0.25) is 0 Å². The van der Waals surface area contributed by atoms with Crippen molar-refractivity contribution in [1.82, 2.24) is 14.5 Å². The number of aromatic nitrogens is 3. The summed E-state index contributed by atoms with van der Waals surface area (Å²) in [7, 11) is 0. The van der Waals surface area contributed by atoms with Crippen LogP contribution < -0.4 is 0 Å². The molecule has 5 heteroatoms. The molecule has 0 aliphatic rings. The van der Waals surface area contributed by atoms with Crippen molar-refractivity contribution < 1.29 is 34.4 Å². The third kappa shape index (κ3) is 9.11. The molecule has 8 rings (SSSR count). The van der Waals surface area contributed by atoms with Gasteiger partial charge in [0.05, 0.1) is 22.3 Å². The van der Waals surface area contributed by atoms with Gasteiger partial charge in [0.15, 0.2) is 0 Å². The minimum absolute atomic E-state index is 0. The van der Waals surface area contributed by atoms with E-state index in [1.54, 1.807) is 6.07 Å². The predicted molar refractivity (Wildman–Crippen MR) is 262 cm³/mol. The minimum atomic E-state index is -2.59. The Balaban J connectivity index is 0.00000703. The topological polar surface area (TPSA) is 50.9 Å². The Kier molecular flexibility index (Phi) is 10.8. The van der Waals surface area contributed by atoms with Crippen molar-refractivity contribution in [2.45, 2.75) is 106 Å². The van der Waals surface area contributed by atoms with E-state index in [0.29, 0.717) is 39.2 Å². The van der Waals surface area contributed by atoms with Crippen LogP contribution in [0.5, 0.6) is 5.75 Å². The summed E-state index contributed by atoms with van der Waals surface area (Å²) < 4.78 is 55.1. The molecule has 324 valence electrons. The van der Waals surface area contributed by atoms with Crippen molar-refractivity contribution in [3.8, 4) is 67.5 Å². The minimum Gasteiger partial charge on any atom is -0.507 e. The van der Waals surface area contributed by atoms with Crippen LogP contribution in [0.4, 0.5) is 0 Å². The van der Waals surface area contributed by atoms with E-state index in [2.05, 4.69) is 45.0 Å². The summed E-state index contributed by atoms with van der Waals surface area (Å²) in [6.45, 7) is 18.7. The Labute approximate surface area is 398 Å². The van der Waals surface area contributed by atoms with Crippen LogP contribution in [-0.4, -0.2) is 19.6 Å². The monoisotopic (exact) mass is 1020 g/mol. The van der Waals surface area contributed by atoms with Crippen molar-refractivity contribution >= 4 is 11.0 Å². The molecule has 0 bridgehead atoms.